The van der Waals surface area contributed by atoms with Gasteiger partial charge in [0.1, 0.15) is 5.82 Å². The first kappa shape index (κ1) is 30.7. The Kier molecular flexibility index (Phi) is 11.0. The molecule has 1 nitrogen and oxygen atoms in total. The van der Waals surface area contributed by atoms with E-state index in [-0.39, 0.29) is 11.6 Å². The van der Waals surface area contributed by atoms with Gasteiger partial charge in [-0.05, 0) is 17.6 Å². The summed E-state index contributed by atoms with van der Waals surface area (Å²) in [7, 11) is -4.56. The highest BCUT2D eigenvalue weighted by Gasteiger charge is 2.44. The Morgan fingerprint density at radius 3 is 1.81 bits per heavy atom. The minimum Gasteiger partial charge on any atom is -0.541 e. The first-order chi connectivity index (χ1) is 16.9. The Labute approximate surface area is 213 Å². The molecule has 2 aromatic rings. The van der Waals surface area contributed by atoms with Crippen LogP contribution >= 0.6 is 0 Å². The lowest BCUT2D eigenvalue weighted by molar-refractivity contribution is 0.408. The van der Waals surface area contributed by atoms with E-state index in [9.17, 15) is 22.0 Å². The first-order valence-corrected chi connectivity index (χ1v) is 18.5. The van der Waals surface area contributed by atoms with Crippen molar-refractivity contribution in [3.8, 4) is 5.75 Å². The molecule has 0 aliphatic heterocycles. The molecule has 36 heavy (non-hydrogen) atoms. The maximum Gasteiger partial charge on any atom is 0.253 e. The molecule has 0 N–H and O–H groups in total. The maximum atomic E-state index is 15.2. The van der Waals surface area contributed by atoms with Gasteiger partial charge in [0, 0.05) is 6.07 Å². The van der Waals surface area contributed by atoms with E-state index >= 15 is 4.39 Å². The molecular formula is C27H40F6OSi2. The molecule has 0 radical (unpaired) electrons. The summed E-state index contributed by atoms with van der Waals surface area (Å²) in [5.41, 5.74) is -0.0488. The molecule has 0 saturated heterocycles. The van der Waals surface area contributed by atoms with Crippen LogP contribution in [0.5, 0.6) is 5.75 Å². The lowest BCUT2D eigenvalue weighted by Crippen LogP contribution is -2.47. The van der Waals surface area contributed by atoms with Crippen LogP contribution in [0.1, 0.15) is 67.2 Å². The van der Waals surface area contributed by atoms with E-state index in [2.05, 4.69) is 27.7 Å². The van der Waals surface area contributed by atoms with Crippen molar-refractivity contribution >= 4 is 27.2 Å². The molecule has 0 spiro atoms. The third kappa shape index (κ3) is 6.14. The molecule has 1 unspecified atom stereocenters. The normalized spacial score (nSPS) is 14.0. The summed E-state index contributed by atoms with van der Waals surface area (Å²) >= 11 is 0. The van der Waals surface area contributed by atoms with Crippen molar-refractivity contribution in [1.29, 1.82) is 0 Å². The summed E-state index contributed by atoms with van der Waals surface area (Å²) < 4.78 is 94.1. The van der Waals surface area contributed by atoms with Crippen LogP contribution in [0.2, 0.25) is 41.8 Å². The second-order valence-electron chi connectivity index (χ2n) is 10.4. The molecule has 9 heteroatoms. The molecule has 1 atom stereocenters. The SMILES string of the molecule is CCCCCC[Si](CC[Si](CC)(CC)CC)(Oc1c(F)c(F)c(F)c2c(F)c(F)cc(F)c12)C(C)C. The summed E-state index contributed by atoms with van der Waals surface area (Å²) in [5.74, 6) is -11.3. The van der Waals surface area contributed by atoms with E-state index in [0.717, 1.165) is 49.9 Å². The van der Waals surface area contributed by atoms with Crippen molar-refractivity contribution in [3.63, 3.8) is 0 Å². The molecule has 0 heterocycles. The summed E-state index contributed by atoms with van der Waals surface area (Å²) in [4.78, 5) is 0. The van der Waals surface area contributed by atoms with Gasteiger partial charge >= 0.3 is 0 Å². The Morgan fingerprint density at radius 1 is 0.667 bits per heavy atom. The lowest BCUT2D eigenvalue weighted by atomic mass is 10.1. The van der Waals surface area contributed by atoms with Crippen LogP contribution in [0.25, 0.3) is 10.8 Å². The van der Waals surface area contributed by atoms with Gasteiger partial charge in [0.2, 0.25) is 5.82 Å². The Morgan fingerprint density at radius 2 is 1.28 bits per heavy atom. The van der Waals surface area contributed by atoms with Crippen LogP contribution in [0.4, 0.5) is 26.3 Å². The summed E-state index contributed by atoms with van der Waals surface area (Å²) in [6, 6.07) is 5.72. The maximum absolute atomic E-state index is 15.2. The zero-order valence-corrected chi connectivity index (χ0v) is 24.4. The van der Waals surface area contributed by atoms with Gasteiger partial charge in [-0.3, -0.25) is 0 Å². The van der Waals surface area contributed by atoms with Crippen molar-refractivity contribution < 1.29 is 30.8 Å². The zero-order valence-electron chi connectivity index (χ0n) is 22.4. The van der Waals surface area contributed by atoms with E-state index < -0.39 is 67.8 Å². The van der Waals surface area contributed by atoms with Crippen LogP contribution < -0.4 is 4.43 Å². The zero-order chi connectivity index (χ0) is 27.3. The molecule has 0 aliphatic rings. The van der Waals surface area contributed by atoms with Crippen LogP contribution in [0.3, 0.4) is 0 Å². The number of halogens is 6. The molecule has 2 rings (SSSR count). The fourth-order valence-corrected chi connectivity index (χ4v) is 14.9. The van der Waals surface area contributed by atoms with Gasteiger partial charge < -0.3 is 4.43 Å². The molecule has 0 aromatic heterocycles. The fraction of sp³-hybridized carbons (Fsp3) is 0.630. The van der Waals surface area contributed by atoms with Crippen LogP contribution in [-0.4, -0.2) is 16.4 Å². The van der Waals surface area contributed by atoms with E-state index in [0.29, 0.717) is 12.1 Å². The summed E-state index contributed by atoms with van der Waals surface area (Å²) in [6.45, 7) is 12.6. The van der Waals surface area contributed by atoms with E-state index in [1.807, 2.05) is 13.8 Å². The predicted octanol–water partition coefficient (Wildman–Crippen LogP) is 10.5. The van der Waals surface area contributed by atoms with Crippen molar-refractivity contribution in [2.24, 2.45) is 0 Å². The van der Waals surface area contributed by atoms with Crippen LogP contribution in [0, 0.1) is 34.9 Å². The van der Waals surface area contributed by atoms with Crippen molar-refractivity contribution in [3.05, 3.63) is 41.0 Å². The number of hydrogen-bond donors (Lipinski definition) is 0. The summed E-state index contributed by atoms with van der Waals surface area (Å²) in [5, 5.41) is -2.13. The second-order valence-corrected chi connectivity index (χ2v) is 20.5. The number of hydrogen-bond acceptors (Lipinski definition) is 1. The van der Waals surface area contributed by atoms with Crippen LogP contribution in [-0.2, 0) is 0 Å². The van der Waals surface area contributed by atoms with Gasteiger partial charge in [0.15, 0.2) is 29.0 Å². The predicted molar refractivity (Wildman–Crippen MR) is 141 cm³/mol. The molecule has 204 valence electrons. The van der Waals surface area contributed by atoms with Crippen molar-refractivity contribution in [1.82, 2.24) is 0 Å². The van der Waals surface area contributed by atoms with Gasteiger partial charge in [0.05, 0.1) is 18.8 Å². The molecule has 0 fully saturated rings. The standard InChI is InChI=1S/C27H40F6OSi2/c1-7-11-12-13-14-36(18(5)6,16-15-35(8-2,9-3)10-4)34-27-21-19(28)17-20(29)23(30)22(21)24(31)25(32)26(27)33/h17-18H,7-16H2,1-6H3. The highest BCUT2D eigenvalue weighted by atomic mass is 28.4. The highest BCUT2D eigenvalue weighted by molar-refractivity contribution is 6.83. The third-order valence-electron chi connectivity index (χ3n) is 8.34. The average Bonchev–Trinajstić information content (AvgIpc) is 2.86. The van der Waals surface area contributed by atoms with E-state index in [1.54, 1.807) is 0 Å². The first-order valence-electron chi connectivity index (χ1n) is 13.3. The van der Waals surface area contributed by atoms with Gasteiger partial charge in [-0.15, -0.1) is 0 Å². The van der Waals surface area contributed by atoms with Gasteiger partial charge in [0.25, 0.3) is 8.32 Å². The topological polar surface area (TPSA) is 9.23 Å². The number of benzene rings is 2. The highest BCUT2D eigenvalue weighted by Crippen LogP contribution is 2.44. The minimum atomic E-state index is -2.94. The van der Waals surface area contributed by atoms with Crippen molar-refractivity contribution in [2.45, 2.75) is 109 Å². The second kappa shape index (κ2) is 12.8. The van der Waals surface area contributed by atoms with Gasteiger partial charge in [-0.25, -0.2) is 22.0 Å². The smallest absolute Gasteiger partial charge is 0.253 e. The number of rotatable bonds is 14. The Bertz CT molecular complexity index is 1030. The van der Waals surface area contributed by atoms with Crippen molar-refractivity contribution in [2.75, 3.05) is 0 Å². The molecular weight excluding hydrogens is 510 g/mol. The third-order valence-corrected chi connectivity index (χ3v) is 19.7. The molecule has 0 saturated carbocycles. The average molecular weight is 551 g/mol. The molecule has 2 aromatic carbocycles. The lowest BCUT2D eigenvalue weighted by Gasteiger charge is -2.39. The number of unbranched alkanes of at least 4 members (excludes halogenated alkanes) is 3. The largest absolute Gasteiger partial charge is 0.541 e. The molecule has 0 amide bonds. The Hall–Kier alpha value is -1.49. The van der Waals surface area contributed by atoms with Crippen LogP contribution in [0.15, 0.2) is 6.07 Å². The monoisotopic (exact) mass is 550 g/mol. The summed E-state index contributed by atoms with van der Waals surface area (Å²) in [6.07, 6.45) is 3.79. The molecule has 0 aliphatic carbocycles. The quantitative estimate of drug-likeness (QED) is 0.0747. The van der Waals surface area contributed by atoms with Gasteiger partial charge in [-0.1, -0.05) is 91.4 Å². The van der Waals surface area contributed by atoms with E-state index in [1.165, 1.54) is 0 Å². The molecule has 0 bridgehead atoms. The Balaban J connectivity index is 2.72. The van der Waals surface area contributed by atoms with Gasteiger partial charge in [-0.2, -0.15) is 4.39 Å². The fourth-order valence-electron chi connectivity index (χ4n) is 5.27. The minimum absolute atomic E-state index is 0.0488. The van der Waals surface area contributed by atoms with E-state index in [4.69, 9.17) is 4.43 Å². The number of fused-ring (bicyclic) bond motifs is 1.